The van der Waals surface area contributed by atoms with Gasteiger partial charge in [0.2, 0.25) is 0 Å². The average molecular weight is 351 g/mol. The van der Waals surface area contributed by atoms with E-state index in [-0.39, 0.29) is 12.5 Å². The second-order valence-corrected chi connectivity index (χ2v) is 8.53. The second-order valence-electron chi connectivity index (χ2n) is 8.53. The fraction of sp³-hybridized carbons (Fsp3) is 0.722. The normalized spacial score (nSPS) is 15.0. The van der Waals surface area contributed by atoms with E-state index in [4.69, 9.17) is 9.47 Å². The van der Waals surface area contributed by atoms with Gasteiger partial charge in [-0.25, -0.2) is 19.1 Å². The van der Waals surface area contributed by atoms with E-state index in [0.717, 1.165) is 12.8 Å². The Morgan fingerprint density at radius 3 is 2.20 bits per heavy atom. The maximum Gasteiger partial charge on any atom is 0.420 e. The molecule has 7 nitrogen and oxygen atoms in total. The highest BCUT2D eigenvalue weighted by Crippen LogP contribution is 2.39. The third-order valence-electron chi connectivity index (χ3n) is 3.49. The summed E-state index contributed by atoms with van der Waals surface area (Å²) in [5.41, 5.74) is -0.559. The number of amides is 1. The van der Waals surface area contributed by atoms with Crippen LogP contribution in [0.25, 0.3) is 0 Å². The summed E-state index contributed by atoms with van der Waals surface area (Å²) in [6.07, 6.45) is 2.76. The van der Waals surface area contributed by atoms with Gasteiger partial charge in [0.15, 0.2) is 0 Å². The van der Waals surface area contributed by atoms with E-state index in [1.165, 1.54) is 9.47 Å². The van der Waals surface area contributed by atoms with Crippen LogP contribution < -0.4 is 0 Å². The van der Waals surface area contributed by atoms with E-state index in [1.54, 1.807) is 13.2 Å². The molecule has 0 spiro atoms. The minimum absolute atomic E-state index is 0.216. The molecule has 0 saturated heterocycles. The lowest BCUT2D eigenvalue weighted by Gasteiger charge is -2.25. The lowest BCUT2D eigenvalue weighted by molar-refractivity contribution is 0.0274. The molecule has 0 radical (unpaired) electrons. The molecule has 0 bridgehead atoms. The van der Waals surface area contributed by atoms with Gasteiger partial charge >= 0.3 is 12.2 Å². The van der Waals surface area contributed by atoms with E-state index in [9.17, 15) is 9.59 Å². The molecule has 0 aliphatic heterocycles. The Balaban J connectivity index is 2.20. The molecule has 0 N–H and O–H groups in total. The number of hydrogen-bond acceptors (Lipinski definition) is 5. The fourth-order valence-electron chi connectivity index (χ4n) is 2.31. The standard InChI is InChI=1S/C18H29N3O4/c1-17(2,3)24-15(22)20(7)11-13-10-19-14(12-8-9-12)21(13)16(23)25-18(4,5)6/h10,12H,8-9,11H2,1-7H3. The van der Waals surface area contributed by atoms with Crippen molar-refractivity contribution in [2.75, 3.05) is 7.05 Å². The molecule has 1 saturated carbocycles. The van der Waals surface area contributed by atoms with Crippen molar-refractivity contribution in [2.24, 2.45) is 0 Å². The number of carbonyl (C=O) groups excluding carboxylic acids is 2. The van der Waals surface area contributed by atoms with Crippen LogP contribution >= 0.6 is 0 Å². The monoisotopic (exact) mass is 351 g/mol. The van der Waals surface area contributed by atoms with Gasteiger partial charge in [-0.15, -0.1) is 0 Å². The van der Waals surface area contributed by atoms with Crippen molar-refractivity contribution in [3.63, 3.8) is 0 Å². The first-order valence-electron chi connectivity index (χ1n) is 8.61. The molecule has 7 heteroatoms. The van der Waals surface area contributed by atoms with Crippen LogP contribution in [0.1, 0.15) is 71.8 Å². The minimum atomic E-state index is -0.601. The highest BCUT2D eigenvalue weighted by Gasteiger charge is 2.33. The molecule has 25 heavy (non-hydrogen) atoms. The van der Waals surface area contributed by atoms with E-state index in [1.807, 2.05) is 41.5 Å². The molecule has 1 amide bonds. The quantitative estimate of drug-likeness (QED) is 0.825. The number of imidazole rings is 1. The predicted molar refractivity (Wildman–Crippen MR) is 93.5 cm³/mol. The van der Waals surface area contributed by atoms with Gasteiger partial charge in [0.05, 0.1) is 18.4 Å². The molecule has 140 valence electrons. The van der Waals surface area contributed by atoms with E-state index in [0.29, 0.717) is 11.5 Å². The van der Waals surface area contributed by atoms with Crippen LogP contribution in [-0.2, 0) is 16.0 Å². The van der Waals surface area contributed by atoms with Crippen LogP contribution in [0, 0.1) is 0 Å². The third kappa shape index (κ3) is 5.47. The first-order chi connectivity index (χ1) is 11.4. The topological polar surface area (TPSA) is 73.7 Å². The Labute approximate surface area is 149 Å². The predicted octanol–water partition coefficient (Wildman–Crippen LogP) is 3.91. The number of nitrogens with zero attached hydrogens (tertiary/aromatic N) is 3. The van der Waals surface area contributed by atoms with Gasteiger partial charge in [-0.05, 0) is 54.4 Å². The summed E-state index contributed by atoms with van der Waals surface area (Å²) in [7, 11) is 1.64. The molecule has 1 fully saturated rings. The summed E-state index contributed by atoms with van der Waals surface area (Å²) >= 11 is 0. The van der Waals surface area contributed by atoms with Crippen LogP contribution in [-0.4, -0.2) is 44.9 Å². The van der Waals surface area contributed by atoms with Crippen molar-refractivity contribution in [1.29, 1.82) is 0 Å². The zero-order chi connectivity index (χ0) is 19.0. The summed E-state index contributed by atoms with van der Waals surface area (Å²) in [6, 6.07) is 0. The number of carbonyl (C=O) groups is 2. The molecular formula is C18H29N3O4. The third-order valence-corrected chi connectivity index (χ3v) is 3.49. The van der Waals surface area contributed by atoms with Crippen molar-refractivity contribution in [1.82, 2.24) is 14.5 Å². The van der Waals surface area contributed by atoms with Crippen LogP contribution in [0.4, 0.5) is 9.59 Å². The van der Waals surface area contributed by atoms with Crippen molar-refractivity contribution >= 4 is 12.2 Å². The largest absolute Gasteiger partial charge is 0.444 e. The van der Waals surface area contributed by atoms with E-state index < -0.39 is 23.4 Å². The van der Waals surface area contributed by atoms with E-state index in [2.05, 4.69) is 4.98 Å². The Bertz CT molecular complexity index is 648. The van der Waals surface area contributed by atoms with Crippen LogP contribution in [0.5, 0.6) is 0 Å². The first kappa shape index (κ1) is 19.3. The van der Waals surface area contributed by atoms with Gasteiger partial charge < -0.3 is 14.4 Å². The molecule has 1 aromatic heterocycles. The number of aromatic nitrogens is 2. The summed E-state index contributed by atoms with van der Waals surface area (Å²) in [6.45, 7) is 11.1. The SMILES string of the molecule is CN(Cc1cnc(C2CC2)n1C(=O)OC(C)(C)C)C(=O)OC(C)(C)C. The van der Waals surface area contributed by atoms with Gasteiger partial charge in [-0.2, -0.15) is 0 Å². The van der Waals surface area contributed by atoms with Gasteiger partial charge in [0.1, 0.15) is 17.0 Å². The Morgan fingerprint density at radius 2 is 1.72 bits per heavy atom. The Morgan fingerprint density at radius 1 is 1.16 bits per heavy atom. The maximum absolute atomic E-state index is 12.6. The lowest BCUT2D eigenvalue weighted by Crippen LogP contribution is -2.35. The summed E-state index contributed by atoms with van der Waals surface area (Å²) in [4.78, 5) is 30.7. The number of hydrogen-bond donors (Lipinski definition) is 0. The van der Waals surface area contributed by atoms with Crippen molar-refractivity contribution in [2.45, 2.75) is 78.0 Å². The minimum Gasteiger partial charge on any atom is -0.444 e. The molecule has 0 aromatic carbocycles. The maximum atomic E-state index is 12.6. The van der Waals surface area contributed by atoms with Gasteiger partial charge in [-0.3, -0.25) is 0 Å². The molecule has 1 aliphatic carbocycles. The van der Waals surface area contributed by atoms with E-state index >= 15 is 0 Å². The zero-order valence-corrected chi connectivity index (χ0v) is 16.3. The van der Waals surface area contributed by atoms with Gasteiger partial charge in [0.25, 0.3) is 0 Å². The summed E-state index contributed by atoms with van der Waals surface area (Å²) < 4.78 is 12.4. The molecule has 0 atom stereocenters. The smallest absolute Gasteiger partial charge is 0.420 e. The Hall–Kier alpha value is -2.05. The Kier molecular flexibility index (Phi) is 5.16. The van der Waals surface area contributed by atoms with Gasteiger partial charge in [-0.1, -0.05) is 0 Å². The zero-order valence-electron chi connectivity index (χ0n) is 16.3. The second kappa shape index (κ2) is 6.69. The van der Waals surface area contributed by atoms with Crippen molar-refractivity contribution in [3.8, 4) is 0 Å². The molecule has 2 rings (SSSR count). The molecule has 1 aliphatic rings. The molecule has 1 heterocycles. The highest BCUT2D eigenvalue weighted by molar-refractivity contribution is 5.73. The number of rotatable bonds is 3. The van der Waals surface area contributed by atoms with Gasteiger partial charge in [0, 0.05) is 13.0 Å². The fourth-order valence-corrected chi connectivity index (χ4v) is 2.31. The molecule has 0 unspecified atom stereocenters. The highest BCUT2D eigenvalue weighted by atomic mass is 16.6. The average Bonchev–Trinajstić information content (AvgIpc) is 3.16. The van der Waals surface area contributed by atoms with Crippen LogP contribution in [0.15, 0.2) is 6.20 Å². The summed E-state index contributed by atoms with van der Waals surface area (Å²) in [5, 5.41) is 0. The molecule has 1 aromatic rings. The van der Waals surface area contributed by atoms with Crippen molar-refractivity contribution < 1.29 is 19.1 Å². The molecular weight excluding hydrogens is 322 g/mol. The van der Waals surface area contributed by atoms with Crippen molar-refractivity contribution in [3.05, 3.63) is 17.7 Å². The summed E-state index contributed by atoms with van der Waals surface area (Å²) in [5.74, 6) is 0.995. The number of ether oxygens (including phenoxy) is 2. The first-order valence-corrected chi connectivity index (χ1v) is 8.61. The van der Waals surface area contributed by atoms with Crippen LogP contribution in [0.2, 0.25) is 0 Å². The lowest BCUT2D eigenvalue weighted by atomic mass is 10.2. The van der Waals surface area contributed by atoms with Crippen LogP contribution in [0.3, 0.4) is 0 Å².